The number of para-hydroxylation sites is 1. The summed E-state index contributed by atoms with van der Waals surface area (Å²) >= 11 is 0. The first kappa shape index (κ1) is 21.7. The summed E-state index contributed by atoms with van der Waals surface area (Å²) in [7, 11) is 0. The minimum atomic E-state index is -0.389. The molecule has 1 aromatic rings. The molecule has 2 rings (SSSR count). The van der Waals surface area contributed by atoms with Gasteiger partial charge in [0.1, 0.15) is 5.75 Å². The van der Waals surface area contributed by atoms with Crippen LogP contribution in [0.25, 0.3) is 0 Å². The molecular formula is C22H36O3. The Morgan fingerprint density at radius 3 is 2.28 bits per heavy atom. The number of carbonyl (C=O) groups excluding carboxylic acids is 1. The first-order valence-electron chi connectivity index (χ1n) is 10.1. The lowest BCUT2D eigenvalue weighted by molar-refractivity contribution is -0.135. The molecule has 1 unspecified atom stereocenters. The fourth-order valence-electron chi connectivity index (χ4n) is 2.43. The van der Waals surface area contributed by atoms with Gasteiger partial charge in [-0.1, -0.05) is 83.4 Å². The van der Waals surface area contributed by atoms with Crippen molar-refractivity contribution in [2.24, 2.45) is 5.92 Å². The summed E-state index contributed by atoms with van der Waals surface area (Å²) in [6.07, 6.45) is 11.4. The molecule has 0 aliphatic heterocycles. The van der Waals surface area contributed by atoms with Crippen molar-refractivity contribution in [2.75, 3.05) is 0 Å². The maximum Gasteiger partial charge on any atom is 0.311 e. The molecule has 142 valence electrons. The maximum atomic E-state index is 11.6. The second kappa shape index (κ2) is 13.9. The van der Waals surface area contributed by atoms with E-state index >= 15 is 0 Å². The van der Waals surface area contributed by atoms with Gasteiger partial charge >= 0.3 is 5.97 Å². The first-order valence-corrected chi connectivity index (χ1v) is 10.1. The van der Waals surface area contributed by atoms with Crippen molar-refractivity contribution in [2.45, 2.75) is 90.6 Å². The van der Waals surface area contributed by atoms with Crippen molar-refractivity contribution in [3.8, 4) is 5.75 Å². The molecule has 1 atom stereocenters. The van der Waals surface area contributed by atoms with E-state index in [2.05, 4.69) is 13.8 Å². The van der Waals surface area contributed by atoms with Crippen LogP contribution in [-0.2, 0) is 4.79 Å². The normalized spacial score (nSPS) is 14.4. The standard InChI is InChI=1S/C18H28O3.C4H8/c1-2-3-4-5-6-8-11-16(19)14-15-18(20)21-17-12-9-7-10-13-17;1-4-2-3-4/h7,9-10,12-13,16,19H,2-6,8,11,14-15H2,1H3;4H,2-3H2,1H3. The average Bonchev–Trinajstić information content (AvgIpc) is 3.40. The van der Waals surface area contributed by atoms with Crippen LogP contribution in [0.15, 0.2) is 30.3 Å². The van der Waals surface area contributed by atoms with Crippen molar-refractivity contribution >= 4 is 5.97 Å². The van der Waals surface area contributed by atoms with Crippen molar-refractivity contribution in [1.29, 1.82) is 0 Å². The Labute approximate surface area is 153 Å². The fraction of sp³-hybridized carbons (Fsp3) is 0.682. The molecule has 0 spiro atoms. The number of carbonyl (C=O) groups is 1. The predicted octanol–water partition coefficient (Wildman–Crippen LogP) is 5.90. The number of unbranched alkanes of at least 4 members (excludes halogenated alkanes) is 5. The molecule has 1 aliphatic carbocycles. The van der Waals surface area contributed by atoms with Crippen LogP contribution in [0.2, 0.25) is 0 Å². The van der Waals surface area contributed by atoms with Gasteiger partial charge < -0.3 is 9.84 Å². The molecule has 1 saturated carbocycles. The van der Waals surface area contributed by atoms with Gasteiger partial charge in [-0.05, 0) is 30.9 Å². The van der Waals surface area contributed by atoms with E-state index in [9.17, 15) is 9.90 Å². The lowest BCUT2D eigenvalue weighted by Gasteiger charge is -2.10. The summed E-state index contributed by atoms with van der Waals surface area (Å²) < 4.78 is 5.18. The number of ether oxygens (including phenoxy) is 1. The lowest BCUT2D eigenvalue weighted by Crippen LogP contribution is -2.13. The number of benzene rings is 1. The third-order valence-corrected chi connectivity index (χ3v) is 4.41. The van der Waals surface area contributed by atoms with Gasteiger partial charge in [-0.3, -0.25) is 4.79 Å². The summed E-state index contributed by atoms with van der Waals surface area (Å²) in [6, 6.07) is 9.04. The van der Waals surface area contributed by atoms with Gasteiger partial charge in [0, 0.05) is 6.42 Å². The molecule has 0 heterocycles. The molecule has 25 heavy (non-hydrogen) atoms. The van der Waals surface area contributed by atoms with E-state index in [1.54, 1.807) is 12.1 Å². The van der Waals surface area contributed by atoms with E-state index in [-0.39, 0.29) is 18.5 Å². The quantitative estimate of drug-likeness (QED) is 0.308. The zero-order chi connectivity index (χ0) is 18.3. The van der Waals surface area contributed by atoms with Crippen LogP contribution in [0.1, 0.15) is 84.5 Å². The Morgan fingerprint density at radius 2 is 1.68 bits per heavy atom. The number of aliphatic hydroxyl groups excluding tert-OH is 1. The minimum absolute atomic E-state index is 0.270. The Hall–Kier alpha value is -1.35. The molecule has 0 radical (unpaired) electrons. The summed E-state index contributed by atoms with van der Waals surface area (Å²) in [6.45, 7) is 4.48. The fourth-order valence-corrected chi connectivity index (χ4v) is 2.43. The van der Waals surface area contributed by atoms with E-state index in [4.69, 9.17) is 4.74 Å². The molecule has 0 amide bonds. The highest BCUT2D eigenvalue weighted by atomic mass is 16.5. The summed E-state index contributed by atoms with van der Waals surface area (Å²) in [4.78, 5) is 11.6. The number of esters is 1. The van der Waals surface area contributed by atoms with Crippen molar-refractivity contribution in [3.05, 3.63) is 30.3 Å². The van der Waals surface area contributed by atoms with E-state index in [1.807, 2.05) is 18.2 Å². The van der Waals surface area contributed by atoms with Crippen LogP contribution in [0, 0.1) is 5.92 Å². The van der Waals surface area contributed by atoms with Gasteiger partial charge in [0.05, 0.1) is 6.10 Å². The zero-order valence-electron chi connectivity index (χ0n) is 16.1. The highest BCUT2D eigenvalue weighted by Gasteiger charge is 2.12. The van der Waals surface area contributed by atoms with E-state index in [0.717, 1.165) is 18.8 Å². The average molecular weight is 349 g/mol. The highest BCUT2D eigenvalue weighted by molar-refractivity contribution is 5.72. The number of hydrogen-bond acceptors (Lipinski definition) is 3. The van der Waals surface area contributed by atoms with Crippen molar-refractivity contribution in [3.63, 3.8) is 0 Å². The molecule has 3 heteroatoms. The first-order chi connectivity index (χ1) is 12.1. The third kappa shape index (κ3) is 13.6. The van der Waals surface area contributed by atoms with E-state index in [0.29, 0.717) is 12.2 Å². The van der Waals surface area contributed by atoms with Crippen LogP contribution >= 0.6 is 0 Å². The van der Waals surface area contributed by atoms with Gasteiger partial charge in [0.15, 0.2) is 0 Å². The monoisotopic (exact) mass is 348 g/mol. The van der Waals surface area contributed by atoms with Gasteiger partial charge in [-0.25, -0.2) is 0 Å². The molecule has 1 aromatic carbocycles. The predicted molar refractivity (Wildman–Crippen MR) is 104 cm³/mol. The van der Waals surface area contributed by atoms with E-state index < -0.39 is 0 Å². The van der Waals surface area contributed by atoms with Crippen LogP contribution < -0.4 is 4.74 Å². The lowest BCUT2D eigenvalue weighted by atomic mass is 10.0. The van der Waals surface area contributed by atoms with Gasteiger partial charge in [-0.15, -0.1) is 0 Å². The smallest absolute Gasteiger partial charge is 0.311 e. The number of hydrogen-bond donors (Lipinski definition) is 1. The second-order valence-corrected chi connectivity index (χ2v) is 7.22. The van der Waals surface area contributed by atoms with Crippen LogP contribution in [0.3, 0.4) is 0 Å². The van der Waals surface area contributed by atoms with Crippen LogP contribution in [-0.4, -0.2) is 17.2 Å². The van der Waals surface area contributed by atoms with Crippen LogP contribution in [0.5, 0.6) is 5.75 Å². The van der Waals surface area contributed by atoms with Gasteiger partial charge in [-0.2, -0.15) is 0 Å². The molecule has 1 fully saturated rings. The summed E-state index contributed by atoms with van der Waals surface area (Å²) in [5.74, 6) is 1.37. The van der Waals surface area contributed by atoms with Gasteiger partial charge in [0.25, 0.3) is 0 Å². The molecule has 1 N–H and O–H groups in total. The largest absolute Gasteiger partial charge is 0.427 e. The maximum absolute atomic E-state index is 11.6. The Morgan fingerprint density at radius 1 is 1.08 bits per heavy atom. The second-order valence-electron chi connectivity index (χ2n) is 7.22. The summed E-state index contributed by atoms with van der Waals surface area (Å²) in [5.41, 5.74) is 0. The SMILES string of the molecule is CC1CC1.CCCCCCCCC(O)CCC(=O)Oc1ccccc1. The Bertz CT molecular complexity index is 440. The molecule has 0 aromatic heterocycles. The molecular weight excluding hydrogens is 312 g/mol. The molecule has 3 nitrogen and oxygen atoms in total. The Kier molecular flexibility index (Phi) is 12.0. The van der Waals surface area contributed by atoms with Crippen molar-refractivity contribution < 1.29 is 14.6 Å². The van der Waals surface area contributed by atoms with E-state index in [1.165, 1.54) is 44.9 Å². The van der Waals surface area contributed by atoms with Gasteiger partial charge in [0.2, 0.25) is 0 Å². The van der Waals surface area contributed by atoms with Crippen LogP contribution in [0.4, 0.5) is 0 Å². The Balaban J connectivity index is 0.000000680. The van der Waals surface area contributed by atoms with Crippen molar-refractivity contribution in [1.82, 2.24) is 0 Å². The zero-order valence-corrected chi connectivity index (χ0v) is 16.1. The number of rotatable bonds is 11. The third-order valence-electron chi connectivity index (χ3n) is 4.41. The molecule has 0 bridgehead atoms. The summed E-state index contributed by atoms with van der Waals surface area (Å²) in [5, 5.41) is 9.86. The number of aliphatic hydroxyl groups is 1. The topological polar surface area (TPSA) is 46.5 Å². The minimum Gasteiger partial charge on any atom is -0.427 e. The highest BCUT2D eigenvalue weighted by Crippen LogP contribution is 2.26. The molecule has 1 aliphatic rings. The molecule has 0 saturated heterocycles.